The molecule has 6 nitrogen and oxygen atoms in total. The number of likely N-dealkylation sites (tertiary alicyclic amines) is 1. The first-order valence-corrected chi connectivity index (χ1v) is 4.31. The van der Waals surface area contributed by atoms with Gasteiger partial charge in [-0.05, 0) is 12.8 Å². The standard InChI is InChI=1S/C8H11N3O3/c9-4-6-2-1-3-11(6)7(12)5-10-8(13)14/h6,10H,1-3,5H2,(H,13,14). The summed E-state index contributed by atoms with van der Waals surface area (Å²) in [4.78, 5) is 22.9. The van der Waals surface area contributed by atoms with Crippen molar-refractivity contribution in [1.29, 1.82) is 5.26 Å². The molecular formula is C8H11N3O3. The Morgan fingerprint density at radius 1 is 1.64 bits per heavy atom. The molecular weight excluding hydrogens is 186 g/mol. The van der Waals surface area contributed by atoms with Crippen LogP contribution in [0.5, 0.6) is 0 Å². The van der Waals surface area contributed by atoms with Crippen molar-refractivity contribution in [3.05, 3.63) is 0 Å². The van der Waals surface area contributed by atoms with Crippen molar-refractivity contribution in [2.24, 2.45) is 0 Å². The van der Waals surface area contributed by atoms with Gasteiger partial charge in [-0.1, -0.05) is 0 Å². The summed E-state index contributed by atoms with van der Waals surface area (Å²) in [5, 5.41) is 18.9. The normalized spacial score (nSPS) is 20.2. The molecule has 1 rings (SSSR count). The van der Waals surface area contributed by atoms with Gasteiger partial charge in [0.2, 0.25) is 5.91 Å². The van der Waals surface area contributed by atoms with Crippen LogP contribution in [0.4, 0.5) is 4.79 Å². The van der Waals surface area contributed by atoms with Crippen molar-refractivity contribution in [2.45, 2.75) is 18.9 Å². The largest absolute Gasteiger partial charge is 0.465 e. The van der Waals surface area contributed by atoms with Crippen LogP contribution in [0.3, 0.4) is 0 Å². The van der Waals surface area contributed by atoms with E-state index in [1.807, 2.05) is 11.4 Å². The van der Waals surface area contributed by atoms with Crippen LogP contribution >= 0.6 is 0 Å². The van der Waals surface area contributed by atoms with Crippen molar-refractivity contribution in [3.8, 4) is 6.07 Å². The van der Waals surface area contributed by atoms with Gasteiger partial charge in [-0.3, -0.25) is 4.79 Å². The molecule has 1 atom stereocenters. The van der Waals surface area contributed by atoms with E-state index in [4.69, 9.17) is 10.4 Å². The zero-order chi connectivity index (χ0) is 10.6. The van der Waals surface area contributed by atoms with E-state index in [1.165, 1.54) is 4.90 Å². The molecule has 1 heterocycles. The summed E-state index contributed by atoms with van der Waals surface area (Å²) in [6, 6.07) is 1.62. The number of hydrogen-bond donors (Lipinski definition) is 2. The van der Waals surface area contributed by atoms with Crippen molar-refractivity contribution < 1.29 is 14.7 Å². The van der Waals surface area contributed by atoms with Gasteiger partial charge in [0.25, 0.3) is 0 Å². The van der Waals surface area contributed by atoms with E-state index in [2.05, 4.69) is 0 Å². The topological polar surface area (TPSA) is 93.4 Å². The molecule has 2 amide bonds. The molecule has 0 aliphatic carbocycles. The van der Waals surface area contributed by atoms with Crippen LogP contribution in [0.25, 0.3) is 0 Å². The summed E-state index contributed by atoms with van der Waals surface area (Å²) >= 11 is 0. The minimum atomic E-state index is -1.23. The van der Waals surface area contributed by atoms with Crippen LogP contribution in [0.15, 0.2) is 0 Å². The number of carbonyl (C=O) groups is 2. The van der Waals surface area contributed by atoms with Crippen molar-refractivity contribution in [1.82, 2.24) is 10.2 Å². The van der Waals surface area contributed by atoms with Gasteiger partial charge in [-0.15, -0.1) is 0 Å². The third kappa shape index (κ3) is 2.36. The molecule has 14 heavy (non-hydrogen) atoms. The summed E-state index contributed by atoms with van der Waals surface area (Å²) in [7, 11) is 0. The third-order valence-corrected chi connectivity index (χ3v) is 2.11. The van der Waals surface area contributed by atoms with Crippen LogP contribution in [0, 0.1) is 11.3 Å². The maximum absolute atomic E-state index is 11.4. The maximum Gasteiger partial charge on any atom is 0.405 e. The Labute approximate surface area is 81.1 Å². The van der Waals surface area contributed by atoms with Gasteiger partial charge in [0.15, 0.2) is 0 Å². The monoisotopic (exact) mass is 197 g/mol. The Morgan fingerprint density at radius 3 is 2.93 bits per heavy atom. The fraction of sp³-hybridized carbons (Fsp3) is 0.625. The number of nitrogens with zero attached hydrogens (tertiary/aromatic N) is 2. The second kappa shape index (κ2) is 4.46. The predicted octanol–water partition coefficient (Wildman–Crippen LogP) is -0.231. The number of nitrogens with one attached hydrogen (secondary N) is 1. The average Bonchev–Trinajstić information content (AvgIpc) is 2.61. The van der Waals surface area contributed by atoms with Gasteiger partial charge in [-0.25, -0.2) is 4.79 Å². The zero-order valence-electron chi connectivity index (χ0n) is 7.56. The molecule has 0 aromatic rings. The van der Waals surface area contributed by atoms with Crippen molar-refractivity contribution in [2.75, 3.05) is 13.1 Å². The molecule has 0 spiro atoms. The molecule has 1 aliphatic heterocycles. The first kappa shape index (κ1) is 10.3. The summed E-state index contributed by atoms with van der Waals surface area (Å²) in [5.74, 6) is -0.337. The Balaban J connectivity index is 2.44. The van der Waals surface area contributed by atoms with Crippen LogP contribution in [0.2, 0.25) is 0 Å². The van der Waals surface area contributed by atoms with Gasteiger partial charge in [-0.2, -0.15) is 5.26 Å². The van der Waals surface area contributed by atoms with Crippen LogP contribution in [0.1, 0.15) is 12.8 Å². The molecule has 0 saturated carbocycles. The molecule has 0 aromatic heterocycles. The fourth-order valence-corrected chi connectivity index (χ4v) is 1.45. The highest BCUT2D eigenvalue weighted by atomic mass is 16.4. The van der Waals surface area contributed by atoms with Crippen LogP contribution in [-0.4, -0.2) is 41.1 Å². The predicted molar refractivity (Wildman–Crippen MR) is 46.4 cm³/mol. The molecule has 1 unspecified atom stereocenters. The van der Waals surface area contributed by atoms with E-state index < -0.39 is 12.1 Å². The van der Waals surface area contributed by atoms with Gasteiger partial charge in [0.05, 0.1) is 6.07 Å². The SMILES string of the molecule is N#CC1CCCN1C(=O)CNC(=O)O. The lowest BCUT2D eigenvalue weighted by atomic mass is 10.2. The fourth-order valence-electron chi connectivity index (χ4n) is 1.45. The Kier molecular flexibility index (Phi) is 3.29. The first-order chi connectivity index (χ1) is 6.65. The Bertz CT molecular complexity index is 284. The molecule has 1 saturated heterocycles. The second-order valence-corrected chi connectivity index (χ2v) is 3.03. The second-order valence-electron chi connectivity index (χ2n) is 3.03. The molecule has 2 N–H and O–H groups in total. The number of nitriles is 1. The summed E-state index contributed by atoms with van der Waals surface area (Å²) < 4.78 is 0. The maximum atomic E-state index is 11.4. The van der Waals surface area contributed by atoms with E-state index in [-0.39, 0.29) is 12.5 Å². The smallest absolute Gasteiger partial charge is 0.405 e. The molecule has 76 valence electrons. The van der Waals surface area contributed by atoms with Crippen molar-refractivity contribution in [3.63, 3.8) is 0 Å². The van der Waals surface area contributed by atoms with E-state index in [1.54, 1.807) is 0 Å². The quantitative estimate of drug-likeness (QED) is 0.639. The first-order valence-electron chi connectivity index (χ1n) is 4.31. The molecule has 0 bridgehead atoms. The molecule has 1 aliphatic rings. The summed E-state index contributed by atoms with van der Waals surface area (Å²) in [6.07, 6.45) is 0.248. The third-order valence-electron chi connectivity index (χ3n) is 2.11. The number of rotatable bonds is 2. The molecule has 1 fully saturated rings. The molecule has 6 heteroatoms. The van der Waals surface area contributed by atoms with Gasteiger partial charge in [0.1, 0.15) is 12.6 Å². The number of carboxylic acid groups (broad SMARTS) is 1. The Morgan fingerprint density at radius 2 is 2.36 bits per heavy atom. The minimum absolute atomic E-state index is 0.256. The highest BCUT2D eigenvalue weighted by Crippen LogP contribution is 2.15. The van der Waals surface area contributed by atoms with Crippen LogP contribution in [-0.2, 0) is 4.79 Å². The molecule has 0 aromatic carbocycles. The Hall–Kier alpha value is -1.77. The van der Waals surface area contributed by atoms with Crippen LogP contribution < -0.4 is 5.32 Å². The van der Waals surface area contributed by atoms with E-state index in [0.29, 0.717) is 13.0 Å². The number of carbonyl (C=O) groups excluding carboxylic acids is 1. The summed E-state index contributed by atoms with van der Waals surface area (Å²) in [5.41, 5.74) is 0. The highest BCUT2D eigenvalue weighted by Gasteiger charge is 2.28. The lowest BCUT2D eigenvalue weighted by molar-refractivity contribution is -0.130. The molecule has 0 radical (unpaired) electrons. The number of amides is 2. The van der Waals surface area contributed by atoms with Gasteiger partial charge >= 0.3 is 6.09 Å². The van der Waals surface area contributed by atoms with E-state index >= 15 is 0 Å². The highest BCUT2D eigenvalue weighted by molar-refractivity contribution is 5.82. The summed E-state index contributed by atoms with van der Waals surface area (Å²) in [6.45, 7) is 0.284. The van der Waals surface area contributed by atoms with E-state index in [9.17, 15) is 9.59 Å². The lowest BCUT2D eigenvalue weighted by Gasteiger charge is -2.18. The number of hydrogen-bond acceptors (Lipinski definition) is 3. The minimum Gasteiger partial charge on any atom is -0.465 e. The van der Waals surface area contributed by atoms with Crippen molar-refractivity contribution >= 4 is 12.0 Å². The lowest BCUT2D eigenvalue weighted by Crippen LogP contribution is -2.41. The van der Waals surface area contributed by atoms with E-state index in [0.717, 1.165) is 6.42 Å². The van der Waals surface area contributed by atoms with Gasteiger partial charge in [0, 0.05) is 6.54 Å². The zero-order valence-corrected chi connectivity index (χ0v) is 7.56. The van der Waals surface area contributed by atoms with Gasteiger partial charge < -0.3 is 15.3 Å². The average molecular weight is 197 g/mol.